The molecular weight excluding hydrogens is 306 g/mol. The number of ether oxygens (including phenoxy) is 1. The second-order valence-electron chi connectivity index (χ2n) is 6.96. The Morgan fingerprint density at radius 3 is 2.04 bits per heavy atom. The largest absolute Gasteiger partial charge is 0.481 e. The predicted molar refractivity (Wildman–Crippen MR) is 92.7 cm³/mol. The van der Waals surface area contributed by atoms with E-state index in [0.717, 1.165) is 12.8 Å². The van der Waals surface area contributed by atoms with Gasteiger partial charge in [0.15, 0.2) is 0 Å². The number of amides is 1. The highest BCUT2D eigenvalue weighted by atomic mass is 16.5. The molecule has 4 atom stereocenters. The lowest BCUT2D eigenvalue weighted by atomic mass is 9.82. The summed E-state index contributed by atoms with van der Waals surface area (Å²) >= 11 is 0. The Morgan fingerprint density at radius 2 is 1.46 bits per heavy atom. The smallest absolute Gasteiger partial charge is 0.310 e. The van der Waals surface area contributed by atoms with Crippen LogP contribution in [-0.2, 0) is 14.3 Å². The fourth-order valence-corrected chi connectivity index (χ4v) is 3.68. The highest BCUT2D eigenvalue weighted by Gasteiger charge is 2.53. The zero-order chi connectivity index (χ0) is 17.4. The molecule has 1 saturated heterocycles. The van der Waals surface area contributed by atoms with Crippen LogP contribution in [0.5, 0.6) is 0 Å². The van der Waals surface area contributed by atoms with Crippen molar-refractivity contribution < 1.29 is 19.4 Å². The third kappa shape index (κ3) is 5.07. The molecule has 0 spiro atoms. The van der Waals surface area contributed by atoms with Gasteiger partial charge in [-0.25, -0.2) is 0 Å². The van der Waals surface area contributed by atoms with Gasteiger partial charge in [-0.05, 0) is 6.42 Å². The minimum absolute atomic E-state index is 0.182. The monoisotopic (exact) mass is 337 g/mol. The van der Waals surface area contributed by atoms with Crippen molar-refractivity contribution in [3.63, 3.8) is 0 Å². The third-order valence-electron chi connectivity index (χ3n) is 5.07. The molecule has 2 aliphatic heterocycles. The van der Waals surface area contributed by atoms with E-state index >= 15 is 0 Å². The summed E-state index contributed by atoms with van der Waals surface area (Å²) < 4.78 is 5.53. The van der Waals surface area contributed by atoms with Gasteiger partial charge in [0.1, 0.15) is 5.92 Å². The van der Waals surface area contributed by atoms with Crippen molar-refractivity contribution >= 4 is 11.9 Å². The summed E-state index contributed by atoms with van der Waals surface area (Å²) in [5, 5.41) is 12.2. The van der Waals surface area contributed by atoms with E-state index in [9.17, 15) is 14.7 Å². The lowest BCUT2D eigenvalue weighted by Crippen LogP contribution is -2.42. The van der Waals surface area contributed by atoms with Crippen LogP contribution < -0.4 is 5.32 Å². The number of carboxylic acids is 1. The highest BCUT2D eigenvalue weighted by molar-refractivity contribution is 5.87. The van der Waals surface area contributed by atoms with E-state index in [1.807, 2.05) is 6.08 Å². The fourth-order valence-electron chi connectivity index (χ4n) is 3.68. The van der Waals surface area contributed by atoms with Gasteiger partial charge >= 0.3 is 5.97 Å². The van der Waals surface area contributed by atoms with E-state index < -0.39 is 23.9 Å². The first-order valence-electron chi connectivity index (χ1n) is 9.49. The number of carbonyl (C=O) groups excluding carboxylic acids is 1. The van der Waals surface area contributed by atoms with E-state index in [4.69, 9.17) is 4.74 Å². The van der Waals surface area contributed by atoms with Gasteiger partial charge in [-0.2, -0.15) is 0 Å². The summed E-state index contributed by atoms with van der Waals surface area (Å²) in [7, 11) is 0. The van der Waals surface area contributed by atoms with Crippen LogP contribution >= 0.6 is 0 Å². The molecule has 0 saturated carbocycles. The molecule has 0 aromatic rings. The molecule has 24 heavy (non-hydrogen) atoms. The Balaban J connectivity index is 1.55. The third-order valence-corrected chi connectivity index (χ3v) is 5.07. The van der Waals surface area contributed by atoms with Crippen LogP contribution in [0.3, 0.4) is 0 Å². The van der Waals surface area contributed by atoms with Gasteiger partial charge in [-0.3, -0.25) is 9.59 Å². The molecule has 136 valence electrons. The Labute approximate surface area is 144 Å². The molecule has 2 rings (SSSR count). The number of fused-ring (bicyclic) bond motifs is 2. The van der Waals surface area contributed by atoms with Crippen LogP contribution in [0.2, 0.25) is 0 Å². The minimum atomic E-state index is -0.949. The fraction of sp³-hybridized carbons (Fsp3) is 0.789. The Kier molecular flexibility index (Phi) is 7.76. The van der Waals surface area contributed by atoms with Crippen LogP contribution in [0.15, 0.2) is 12.2 Å². The van der Waals surface area contributed by atoms with E-state index in [1.54, 1.807) is 6.08 Å². The summed E-state index contributed by atoms with van der Waals surface area (Å²) in [6, 6.07) is 0. The Bertz CT molecular complexity index is 449. The molecule has 0 radical (unpaired) electrons. The maximum atomic E-state index is 12.3. The molecule has 0 aromatic heterocycles. The number of aliphatic carboxylic acids is 1. The zero-order valence-electron chi connectivity index (χ0n) is 14.7. The molecule has 5 heteroatoms. The number of carbonyl (C=O) groups is 2. The molecule has 1 fully saturated rings. The maximum absolute atomic E-state index is 12.3. The first-order chi connectivity index (χ1) is 11.6. The summed E-state index contributed by atoms with van der Waals surface area (Å²) in [5.74, 6) is -2.46. The van der Waals surface area contributed by atoms with Crippen LogP contribution in [0, 0.1) is 11.8 Å². The van der Waals surface area contributed by atoms with Gasteiger partial charge < -0.3 is 15.2 Å². The maximum Gasteiger partial charge on any atom is 0.310 e. The first kappa shape index (κ1) is 19.0. The number of rotatable bonds is 12. The molecule has 1 amide bonds. The van der Waals surface area contributed by atoms with Crippen molar-refractivity contribution in [2.24, 2.45) is 11.8 Å². The molecule has 5 nitrogen and oxygen atoms in total. The second-order valence-corrected chi connectivity index (χ2v) is 6.96. The van der Waals surface area contributed by atoms with Crippen molar-refractivity contribution in [3.05, 3.63) is 12.2 Å². The van der Waals surface area contributed by atoms with E-state index in [-0.39, 0.29) is 12.0 Å². The molecular formula is C19H31NO4. The number of unbranched alkanes of at least 4 members (excludes halogenated alkanes) is 8. The quantitative estimate of drug-likeness (QED) is 0.423. The summed E-state index contributed by atoms with van der Waals surface area (Å²) in [5.41, 5.74) is 0. The number of nitrogens with one attached hydrogen (secondary N) is 1. The van der Waals surface area contributed by atoms with Crippen molar-refractivity contribution in [1.82, 2.24) is 5.32 Å². The summed E-state index contributed by atoms with van der Waals surface area (Å²) in [6.45, 7) is 2.85. The van der Waals surface area contributed by atoms with Crippen molar-refractivity contribution in [2.75, 3.05) is 6.54 Å². The molecule has 0 aliphatic carbocycles. The van der Waals surface area contributed by atoms with Crippen LogP contribution in [0.4, 0.5) is 0 Å². The van der Waals surface area contributed by atoms with Gasteiger partial charge in [-0.15, -0.1) is 0 Å². The molecule has 0 aromatic carbocycles. The van der Waals surface area contributed by atoms with Gasteiger partial charge in [0.05, 0.1) is 18.1 Å². The Morgan fingerprint density at radius 1 is 0.917 bits per heavy atom. The average Bonchev–Trinajstić information content (AvgIpc) is 3.17. The number of carboxylic acid groups (broad SMARTS) is 1. The minimum Gasteiger partial charge on any atom is -0.481 e. The van der Waals surface area contributed by atoms with Gasteiger partial charge in [-0.1, -0.05) is 70.4 Å². The predicted octanol–water partition coefficient (Wildman–Crippen LogP) is 3.29. The normalized spacial score (nSPS) is 27.5. The SMILES string of the molecule is CCCCCCCCCCCNC(=O)[C@@H]1[C@@H](C(=O)O)[C@@H]2C=C[C@H]1O2. The van der Waals surface area contributed by atoms with Crippen LogP contribution in [0.1, 0.15) is 64.7 Å². The summed E-state index contributed by atoms with van der Waals surface area (Å²) in [4.78, 5) is 23.7. The molecule has 0 unspecified atom stereocenters. The topological polar surface area (TPSA) is 75.6 Å². The average molecular weight is 337 g/mol. The summed E-state index contributed by atoms with van der Waals surface area (Å²) in [6.07, 6.45) is 13.9. The molecule has 2 aliphatic rings. The lowest BCUT2D eigenvalue weighted by molar-refractivity contribution is -0.146. The standard InChI is InChI=1S/C19H31NO4/c1-2-3-4-5-6-7-8-9-10-13-20-18(21)16-14-11-12-15(24-14)17(16)19(22)23/h11-12,14-17H,2-10,13H2,1H3,(H,20,21)(H,22,23)/t14-,15+,16+,17+/m1/s1. The molecule has 2 N–H and O–H groups in total. The van der Waals surface area contributed by atoms with Gasteiger partial charge in [0.2, 0.25) is 5.91 Å². The van der Waals surface area contributed by atoms with E-state index in [0.29, 0.717) is 6.54 Å². The molecule has 2 heterocycles. The zero-order valence-corrected chi connectivity index (χ0v) is 14.7. The van der Waals surface area contributed by atoms with Crippen molar-refractivity contribution in [3.8, 4) is 0 Å². The number of hydrogen-bond acceptors (Lipinski definition) is 3. The van der Waals surface area contributed by atoms with Crippen LogP contribution in [0.25, 0.3) is 0 Å². The van der Waals surface area contributed by atoms with Gasteiger partial charge in [0, 0.05) is 6.54 Å². The number of hydrogen-bond donors (Lipinski definition) is 2. The lowest BCUT2D eigenvalue weighted by Gasteiger charge is -2.20. The molecule has 2 bridgehead atoms. The van der Waals surface area contributed by atoms with E-state index in [2.05, 4.69) is 12.2 Å². The van der Waals surface area contributed by atoms with Crippen LogP contribution in [-0.4, -0.2) is 35.7 Å². The van der Waals surface area contributed by atoms with Crippen molar-refractivity contribution in [2.45, 2.75) is 76.9 Å². The van der Waals surface area contributed by atoms with Crippen molar-refractivity contribution in [1.29, 1.82) is 0 Å². The Hall–Kier alpha value is -1.36. The second kappa shape index (κ2) is 9.82. The van der Waals surface area contributed by atoms with E-state index in [1.165, 1.54) is 44.9 Å². The highest BCUT2D eigenvalue weighted by Crippen LogP contribution is 2.39. The first-order valence-corrected chi connectivity index (χ1v) is 9.49. The van der Waals surface area contributed by atoms with Gasteiger partial charge in [0.25, 0.3) is 0 Å².